The molecule has 5 rings (SSSR count). The van der Waals surface area contributed by atoms with Crippen molar-refractivity contribution < 1.29 is 19.3 Å². The van der Waals surface area contributed by atoms with Gasteiger partial charge in [0.15, 0.2) is 5.82 Å². The second-order valence-corrected chi connectivity index (χ2v) is 8.13. The fourth-order valence-corrected chi connectivity index (χ4v) is 4.59. The zero-order valence-corrected chi connectivity index (χ0v) is 16.9. The molecule has 2 aliphatic rings. The Bertz CT molecular complexity index is 1200. The summed E-state index contributed by atoms with van der Waals surface area (Å²) >= 11 is 0. The lowest BCUT2D eigenvalue weighted by Crippen LogP contribution is -2.35. The molecule has 4 unspecified atom stereocenters. The van der Waals surface area contributed by atoms with E-state index in [1.807, 2.05) is 6.07 Å². The van der Waals surface area contributed by atoms with Gasteiger partial charge in [0.1, 0.15) is 35.5 Å². The number of benzene rings is 1. The first-order chi connectivity index (χ1) is 15.0. The van der Waals surface area contributed by atoms with Gasteiger partial charge in [-0.2, -0.15) is 5.26 Å². The van der Waals surface area contributed by atoms with E-state index in [2.05, 4.69) is 21.4 Å². The van der Waals surface area contributed by atoms with Crippen molar-refractivity contribution in [3.8, 4) is 11.8 Å². The predicted octanol–water partition coefficient (Wildman–Crippen LogP) is 1.51. The molecule has 1 fully saturated rings. The summed E-state index contributed by atoms with van der Waals surface area (Å²) in [6.07, 6.45) is 0.686. The third-order valence-electron chi connectivity index (χ3n) is 6.18. The Balaban J connectivity index is 1.48. The van der Waals surface area contributed by atoms with Crippen LogP contribution in [0.3, 0.4) is 0 Å². The van der Waals surface area contributed by atoms with Gasteiger partial charge in [-0.05, 0) is 37.6 Å². The van der Waals surface area contributed by atoms with Crippen LogP contribution in [0, 0.1) is 24.1 Å². The predicted molar refractivity (Wildman–Crippen MR) is 109 cm³/mol. The number of fused-ring (bicyclic) bond motifs is 2. The maximum Gasteiger partial charge on any atom is 0.151 e. The minimum Gasteiger partial charge on any atom is -0.487 e. The van der Waals surface area contributed by atoms with Crippen LogP contribution in [0.1, 0.15) is 35.0 Å². The average Bonchev–Trinajstić information content (AvgIpc) is 3.24. The zero-order valence-electron chi connectivity index (χ0n) is 16.9. The van der Waals surface area contributed by atoms with Gasteiger partial charge in [-0.25, -0.2) is 14.4 Å². The van der Waals surface area contributed by atoms with Crippen LogP contribution in [0.15, 0.2) is 24.5 Å². The summed E-state index contributed by atoms with van der Waals surface area (Å²) in [5.41, 5.74) is 2.86. The van der Waals surface area contributed by atoms with Crippen LogP contribution >= 0.6 is 0 Å². The van der Waals surface area contributed by atoms with Crippen molar-refractivity contribution in [3.63, 3.8) is 0 Å². The lowest BCUT2D eigenvalue weighted by Gasteiger charge is -2.24. The van der Waals surface area contributed by atoms with Gasteiger partial charge < -0.3 is 24.8 Å². The van der Waals surface area contributed by atoms with Crippen LogP contribution in [-0.4, -0.2) is 49.6 Å². The first-order valence-electron chi connectivity index (χ1n) is 10.3. The molecule has 3 aromatic rings. The minimum absolute atomic E-state index is 0.258. The molecule has 31 heavy (non-hydrogen) atoms. The van der Waals surface area contributed by atoms with Crippen molar-refractivity contribution in [1.29, 1.82) is 5.26 Å². The van der Waals surface area contributed by atoms with E-state index in [4.69, 9.17) is 4.74 Å². The highest BCUT2D eigenvalue weighted by molar-refractivity contribution is 5.76. The molecule has 3 N–H and O–H groups in total. The molecule has 8 nitrogen and oxygen atoms in total. The van der Waals surface area contributed by atoms with Crippen LogP contribution in [0.5, 0.6) is 5.75 Å². The minimum atomic E-state index is -1.17. The molecule has 0 saturated heterocycles. The molecular weight excluding hydrogens is 401 g/mol. The normalized spacial score (nSPS) is 25.4. The average molecular weight is 423 g/mol. The molecule has 4 atom stereocenters. The van der Waals surface area contributed by atoms with E-state index in [0.29, 0.717) is 29.3 Å². The van der Waals surface area contributed by atoms with Gasteiger partial charge in [0, 0.05) is 30.9 Å². The van der Waals surface area contributed by atoms with Gasteiger partial charge in [-0.15, -0.1) is 0 Å². The maximum absolute atomic E-state index is 14.4. The molecule has 1 saturated carbocycles. The van der Waals surface area contributed by atoms with Gasteiger partial charge >= 0.3 is 0 Å². The molecule has 1 aromatic carbocycles. The largest absolute Gasteiger partial charge is 0.487 e. The van der Waals surface area contributed by atoms with Crippen molar-refractivity contribution in [2.45, 2.75) is 50.7 Å². The lowest BCUT2D eigenvalue weighted by molar-refractivity contribution is -0.0166. The van der Waals surface area contributed by atoms with E-state index in [1.54, 1.807) is 17.6 Å². The topological polar surface area (TPSA) is 116 Å². The quantitative estimate of drug-likeness (QED) is 0.585. The molecule has 2 aromatic heterocycles. The Morgan fingerprint density at radius 3 is 2.97 bits per heavy atom. The number of halogens is 1. The molecule has 1 aliphatic carbocycles. The van der Waals surface area contributed by atoms with Gasteiger partial charge in [0.2, 0.25) is 0 Å². The van der Waals surface area contributed by atoms with E-state index in [0.717, 1.165) is 24.1 Å². The fourth-order valence-electron chi connectivity index (χ4n) is 4.59. The van der Waals surface area contributed by atoms with Crippen molar-refractivity contribution in [1.82, 2.24) is 19.9 Å². The highest BCUT2D eigenvalue weighted by Crippen LogP contribution is 2.38. The van der Waals surface area contributed by atoms with Crippen LogP contribution in [0.2, 0.25) is 0 Å². The summed E-state index contributed by atoms with van der Waals surface area (Å²) in [6, 6.07) is 5.07. The standard InChI is InChI=1S/C22H22FN5O3/c1-11-26-9-15-16(23)10-28(22(15)27-11)17-6-19(21(30)20(17)29)31-18-5-12(7-24)4-13-2-3-25-8-14(13)18/h4-5,9-10,17,19-21,25,29-30H,2-3,6,8H2,1H3. The highest BCUT2D eigenvalue weighted by Gasteiger charge is 2.45. The smallest absolute Gasteiger partial charge is 0.151 e. The molecule has 0 bridgehead atoms. The summed E-state index contributed by atoms with van der Waals surface area (Å²) in [7, 11) is 0. The van der Waals surface area contributed by atoms with Crippen molar-refractivity contribution in [2.75, 3.05) is 6.54 Å². The third-order valence-corrected chi connectivity index (χ3v) is 6.18. The van der Waals surface area contributed by atoms with Gasteiger partial charge in [0.05, 0.1) is 23.1 Å². The number of nitrogens with zero attached hydrogens (tertiary/aromatic N) is 4. The molecule has 1 aliphatic heterocycles. The Kier molecular flexibility index (Phi) is 4.85. The molecule has 160 valence electrons. The molecule has 0 spiro atoms. The number of aliphatic hydroxyl groups excluding tert-OH is 2. The molecule has 3 heterocycles. The summed E-state index contributed by atoms with van der Waals surface area (Å²) in [5, 5.41) is 34.4. The number of ether oxygens (including phenoxy) is 1. The Morgan fingerprint density at radius 2 is 2.16 bits per heavy atom. The number of hydrogen-bond donors (Lipinski definition) is 3. The number of aryl methyl sites for hydroxylation is 1. The second-order valence-electron chi connectivity index (χ2n) is 8.13. The molecule has 0 amide bonds. The van der Waals surface area contributed by atoms with Crippen molar-refractivity contribution >= 4 is 11.0 Å². The number of nitriles is 1. The van der Waals surface area contributed by atoms with E-state index in [9.17, 15) is 19.9 Å². The number of aromatic nitrogens is 3. The van der Waals surface area contributed by atoms with Crippen LogP contribution in [0.25, 0.3) is 11.0 Å². The second kappa shape index (κ2) is 7.57. The summed E-state index contributed by atoms with van der Waals surface area (Å²) in [4.78, 5) is 8.36. The van der Waals surface area contributed by atoms with Gasteiger partial charge in [-0.3, -0.25) is 0 Å². The SMILES string of the molecule is Cc1ncc2c(F)cn(C3CC(Oc4cc(C#N)cc5c4CNCC5)C(O)C3O)c2n1. The monoisotopic (exact) mass is 423 g/mol. The van der Waals surface area contributed by atoms with Gasteiger partial charge in [-0.1, -0.05) is 0 Å². The number of rotatable bonds is 3. The zero-order chi connectivity index (χ0) is 21.7. The highest BCUT2D eigenvalue weighted by atomic mass is 19.1. The summed E-state index contributed by atoms with van der Waals surface area (Å²) < 4.78 is 22.1. The lowest BCUT2D eigenvalue weighted by atomic mass is 9.97. The first kappa shape index (κ1) is 19.9. The van der Waals surface area contributed by atoms with E-state index in [1.165, 1.54) is 12.4 Å². The molecular formula is C22H22FN5O3. The van der Waals surface area contributed by atoms with Crippen LogP contribution in [-0.2, 0) is 13.0 Å². The molecule has 0 radical (unpaired) electrons. The van der Waals surface area contributed by atoms with Crippen LogP contribution in [0.4, 0.5) is 4.39 Å². The number of hydrogen-bond acceptors (Lipinski definition) is 7. The third kappa shape index (κ3) is 3.33. The van der Waals surface area contributed by atoms with Crippen molar-refractivity contribution in [3.05, 3.63) is 52.9 Å². The van der Waals surface area contributed by atoms with E-state index >= 15 is 0 Å². The summed E-state index contributed by atoms with van der Waals surface area (Å²) in [5.74, 6) is 0.530. The summed E-state index contributed by atoms with van der Waals surface area (Å²) in [6.45, 7) is 3.14. The number of nitrogens with one attached hydrogen (secondary N) is 1. The van der Waals surface area contributed by atoms with E-state index < -0.39 is 30.2 Å². The Hall–Kier alpha value is -3.06. The van der Waals surface area contributed by atoms with Gasteiger partial charge in [0.25, 0.3) is 0 Å². The van der Waals surface area contributed by atoms with Crippen molar-refractivity contribution in [2.24, 2.45) is 0 Å². The Morgan fingerprint density at radius 1 is 1.32 bits per heavy atom. The number of aliphatic hydroxyl groups is 2. The fraction of sp³-hybridized carbons (Fsp3) is 0.409. The maximum atomic E-state index is 14.4. The van der Waals surface area contributed by atoms with E-state index in [-0.39, 0.29) is 11.8 Å². The first-order valence-corrected chi connectivity index (χ1v) is 10.3. The molecule has 9 heteroatoms. The van der Waals surface area contributed by atoms with Crippen LogP contribution < -0.4 is 10.1 Å². The Labute approximate surface area is 177 Å².